The van der Waals surface area contributed by atoms with Crippen LogP contribution >= 0.6 is 0 Å². The third-order valence-corrected chi connectivity index (χ3v) is 5.21. The lowest BCUT2D eigenvalue weighted by Crippen LogP contribution is -2.25. The number of nitrogens with one attached hydrogen (secondary N) is 1. The first kappa shape index (κ1) is 20.1. The van der Waals surface area contributed by atoms with E-state index in [-0.39, 0.29) is 0 Å². The van der Waals surface area contributed by atoms with Crippen LogP contribution in [0.2, 0.25) is 0 Å². The van der Waals surface area contributed by atoms with Gasteiger partial charge in [0.15, 0.2) is 0 Å². The number of sulfonamides is 1. The number of ether oxygens (including phenoxy) is 1. The molecule has 0 saturated heterocycles. The van der Waals surface area contributed by atoms with Crippen molar-refractivity contribution in [2.75, 3.05) is 19.8 Å². The van der Waals surface area contributed by atoms with Gasteiger partial charge in [-0.25, -0.2) is 13.1 Å². The molecule has 0 heterocycles. The Balaban J connectivity index is 2.05. The fourth-order valence-electron chi connectivity index (χ4n) is 2.27. The lowest BCUT2D eigenvalue weighted by molar-refractivity contribution is 0.128. The Morgan fingerprint density at radius 2 is 1.52 bits per heavy atom. The normalized spacial score (nSPS) is 11.7. The van der Waals surface area contributed by atoms with Crippen molar-refractivity contribution < 1.29 is 13.2 Å². The second-order valence-electron chi connectivity index (χ2n) is 5.94. The van der Waals surface area contributed by atoms with Crippen LogP contribution in [0.3, 0.4) is 0 Å². The van der Waals surface area contributed by atoms with Gasteiger partial charge >= 0.3 is 0 Å². The molecular weight excluding hydrogens is 310 g/mol. The highest BCUT2D eigenvalue weighted by molar-refractivity contribution is 7.89. The highest BCUT2D eigenvalue weighted by atomic mass is 32.2. The monoisotopic (exact) mass is 341 g/mol. The van der Waals surface area contributed by atoms with Gasteiger partial charge in [-0.15, -0.1) is 0 Å². The summed E-state index contributed by atoms with van der Waals surface area (Å²) in [6, 6.07) is 6.87. The van der Waals surface area contributed by atoms with Crippen molar-refractivity contribution in [3.05, 3.63) is 29.8 Å². The molecule has 4 nitrogen and oxygen atoms in total. The van der Waals surface area contributed by atoms with E-state index in [4.69, 9.17) is 4.74 Å². The fourth-order valence-corrected chi connectivity index (χ4v) is 3.34. The molecule has 1 aromatic carbocycles. The van der Waals surface area contributed by atoms with E-state index in [1.165, 1.54) is 32.1 Å². The second kappa shape index (κ2) is 11.6. The quantitative estimate of drug-likeness (QED) is 0.551. The van der Waals surface area contributed by atoms with Crippen LogP contribution in [0.5, 0.6) is 0 Å². The van der Waals surface area contributed by atoms with Crippen molar-refractivity contribution in [2.24, 2.45) is 0 Å². The predicted molar refractivity (Wildman–Crippen MR) is 95.2 cm³/mol. The van der Waals surface area contributed by atoms with Crippen molar-refractivity contribution >= 4 is 10.0 Å². The van der Waals surface area contributed by atoms with Crippen LogP contribution < -0.4 is 4.72 Å². The summed E-state index contributed by atoms with van der Waals surface area (Å²) in [4.78, 5) is 0.316. The Hall–Kier alpha value is -0.910. The van der Waals surface area contributed by atoms with Crippen LogP contribution in [0.15, 0.2) is 29.2 Å². The fraction of sp³-hybridized carbons (Fsp3) is 0.667. The molecule has 0 radical (unpaired) electrons. The molecule has 0 aliphatic rings. The van der Waals surface area contributed by atoms with E-state index in [1.54, 1.807) is 24.3 Å². The van der Waals surface area contributed by atoms with Crippen LogP contribution in [0.25, 0.3) is 0 Å². The van der Waals surface area contributed by atoms with Gasteiger partial charge in [-0.2, -0.15) is 0 Å². The van der Waals surface area contributed by atoms with Gasteiger partial charge in [0, 0.05) is 19.8 Å². The van der Waals surface area contributed by atoms with Gasteiger partial charge in [-0.1, -0.05) is 56.7 Å². The highest BCUT2D eigenvalue weighted by Crippen LogP contribution is 2.09. The smallest absolute Gasteiger partial charge is 0.240 e. The van der Waals surface area contributed by atoms with Gasteiger partial charge < -0.3 is 4.74 Å². The summed E-state index contributed by atoms with van der Waals surface area (Å²) in [5, 5.41) is 0. The maximum Gasteiger partial charge on any atom is 0.240 e. The molecule has 132 valence electrons. The zero-order valence-corrected chi connectivity index (χ0v) is 15.3. The molecule has 0 aliphatic heterocycles. The van der Waals surface area contributed by atoms with Crippen molar-refractivity contribution in [3.63, 3.8) is 0 Å². The van der Waals surface area contributed by atoms with Crippen LogP contribution in [0.1, 0.15) is 57.4 Å². The first-order valence-corrected chi connectivity index (χ1v) is 10.2. The SMILES string of the molecule is CCCCCCCCOCCCNS(=O)(=O)c1ccc(C)cc1. The molecule has 1 N–H and O–H groups in total. The Morgan fingerprint density at radius 3 is 2.22 bits per heavy atom. The second-order valence-corrected chi connectivity index (χ2v) is 7.71. The van der Waals surface area contributed by atoms with Gasteiger partial charge in [0.2, 0.25) is 10.0 Å². The molecule has 0 bridgehead atoms. The molecule has 0 aromatic heterocycles. The topological polar surface area (TPSA) is 55.4 Å². The van der Waals surface area contributed by atoms with Crippen LogP contribution in [-0.4, -0.2) is 28.2 Å². The minimum absolute atomic E-state index is 0.316. The Morgan fingerprint density at radius 1 is 0.913 bits per heavy atom. The van der Waals surface area contributed by atoms with Crippen LogP contribution in [-0.2, 0) is 14.8 Å². The number of hydrogen-bond acceptors (Lipinski definition) is 3. The number of benzene rings is 1. The molecule has 1 aromatic rings. The van der Waals surface area contributed by atoms with E-state index in [0.29, 0.717) is 24.5 Å². The van der Waals surface area contributed by atoms with Gasteiger partial charge in [0.25, 0.3) is 0 Å². The lowest BCUT2D eigenvalue weighted by atomic mass is 10.1. The van der Waals surface area contributed by atoms with Crippen LogP contribution in [0.4, 0.5) is 0 Å². The summed E-state index contributed by atoms with van der Waals surface area (Å²) < 4.78 is 32.3. The summed E-state index contributed by atoms with van der Waals surface area (Å²) in [6.07, 6.45) is 8.21. The minimum Gasteiger partial charge on any atom is -0.381 e. The molecule has 0 amide bonds. The Bertz CT molecular complexity index is 512. The van der Waals surface area contributed by atoms with E-state index in [1.807, 2.05) is 6.92 Å². The van der Waals surface area contributed by atoms with Gasteiger partial charge in [0.1, 0.15) is 0 Å². The van der Waals surface area contributed by atoms with Crippen LogP contribution in [0, 0.1) is 6.92 Å². The summed E-state index contributed by atoms with van der Waals surface area (Å²) >= 11 is 0. The molecule has 0 unspecified atom stereocenters. The number of rotatable bonds is 13. The summed E-state index contributed by atoms with van der Waals surface area (Å²) in [7, 11) is -3.39. The molecule has 0 fully saturated rings. The van der Waals surface area contributed by atoms with Gasteiger partial charge in [-0.3, -0.25) is 0 Å². The Kier molecular flexibility index (Phi) is 10.2. The zero-order valence-electron chi connectivity index (χ0n) is 14.5. The number of unbranched alkanes of at least 4 members (excludes halogenated alkanes) is 5. The molecule has 5 heteroatoms. The number of aryl methyl sites for hydroxylation is 1. The van der Waals surface area contributed by atoms with E-state index >= 15 is 0 Å². The molecule has 1 rings (SSSR count). The van der Waals surface area contributed by atoms with Crippen molar-refractivity contribution in [1.82, 2.24) is 4.72 Å². The molecule has 0 saturated carbocycles. The molecular formula is C18H31NO3S. The molecule has 0 aliphatic carbocycles. The molecule has 23 heavy (non-hydrogen) atoms. The van der Waals surface area contributed by atoms with Gasteiger partial charge in [-0.05, 0) is 31.9 Å². The largest absolute Gasteiger partial charge is 0.381 e. The molecule has 0 atom stereocenters. The minimum atomic E-state index is -3.39. The summed E-state index contributed by atoms with van der Waals surface area (Å²) in [5.41, 5.74) is 1.05. The zero-order chi connectivity index (χ0) is 17.0. The van der Waals surface area contributed by atoms with E-state index in [9.17, 15) is 8.42 Å². The van der Waals surface area contributed by atoms with E-state index < -0.39 is 10.0 Å². The maximum atomic E-state index is 12.1. The summed E-state index contributed by atoms with van der Waals surface area (Å²) in [6.45, 7) is 5.94. The Labute approximate surface area is 141 Å². The van der Waals surface area contributed by atoms with Crippen molar-refractivity contribution in [3.8, 4) is 0 Å². The standard InChI is InChI=1S/C18H31NO3S/c1-3-4-5-6-7-8-15-22-16-9-14-19-23(20,21)18-12-10-17(2)11-13-18/h10-13,19H,3-9,14-16H2,1-2H3. The number of hydrogen-bond donors (Lipinski definition) is 1. The van der Waals surface area contributed by atoms with E-state index in [0.717, 1.165) is 18.6 Å². The summed E-state index contributed by atoms with van der Waals surface area (Å²) in [5.74, 6) is 0. The van der Waals surface area contributed by atoms with E-state index in [2.05, 4.69) is 11.6 Å². The molecule has 0 spiro atoms. The third kappa shape index (κ3) is 9.08. The van der Waals surface area contributed by atoms with Gasteiger partial charge in [0.05, 0.1) is 4.90 Å². The lowest BCUT2D eigenvalue weighted by Gasteiger charge is -2.08. The third-order valence-electron chi connectivity index (χ3n) is 3.73. The first-order valence-electron chi connectivity index (χ1n) is 8.70. The average Bonchev–Trinajstić information content (AvgIpc) is 2.53. The van der Waals surface area contributed by atoms with Crippen molar-refractivity contribution in [2.45, 2.75) is 63.7 Å². The first-order chi connectivity index (χ1) is 11.1. The predicted octanol–water partition coefficient (Wildman–Crippen LogP) is 4.04. The highest BCUT2D eigenvalue weighted by Gasteiger charge is 2.12. The maximum absolute atomic E-state index is 12.1. The van der Waals surface area contributed by atoms with Crippen molar-refractivity contribution in [1.29, 1.82) is 0 Å². The average molecular weight is 342 g/mol.